The fourth-order valence-corrected chi connectivity index (χ4v) is 8.78. The summed E-state index contributed by atoms with van der Waals surface area (Å²) in [5, 5.41) is 33.1. The number of hydrogen-bond donors (Lipinski definition) is 3. The van der Waals surface area contributed by atoms with Crippen LogP contribution in [0.2, 0.25) is 0 Å². The summed E-state index contributed by atoms with van der Waals surface area (Å²) in [6.07, 6.45) is 6.60. The third-order valence-corrected chi connectivity index (χ3v) is 10.6. The molecule has 0 aromatic rings. The Hall–Kier alpha value is -0.650. The number of aliphatic hydroxyl groups excluding tert-OH is 3. The smallest absolute Gasteiger partial charge is 0.305 e. The summed E-state index contributed by atoms with van der Waals surface area (Å²) in [4.78, 5) is 11.7. The van der Waals surface area contributed by atoms with Crippen molar-refractivity contribution in [2.75, 3.05) is 7.11 Å². The minimum atomic E-state index is -0.369. The molecule has 4 aliphatic rings. The first-order valence-electron chi connectivity index (χ1n) is 12.2. The Balaban J connectivity index is 1.58. The second-order valence-corrected chi connectivity index (χ2v) is 11.6. The summed E-state index contributed by atoms with van der Waals surface area (Å²) >= 11 is 0. The zero-order chi connectivity index (χ0) is 21.8. The molecule has 5 nitrogen and oxygen atoms in total. The van der Waals surface area contributed by atoms with E-state index in [1.54, 1.807) is 0 Å². The number of aliphatic hydroxyl groups is 3. The summed E-state index contributed by atoms with van der Waals surface area (Å²) in [7, 11) is 1.44. The highest BCUT2D eigenvalue weighted by Gasteiger charge is 2.65. The van der Waals surface area contributed by atoms with Crippen molar-refractivity contribution in [2.24, 2.45) is 46.3 Å². The largest absolute Gasteiger partial charge is 0.469 e. The first kappa shape index (κ1) is 22.5. The zero-order valence-electron chi connectivity index (χ0n) is 19.2. The lowest BCUT2D eigenvalue weighted by molar-refractivity contribution is -0.207. The summed E-state index contributed by atoms with van der Waals surface area (Å²) in [6, 6.07) is 0. The number of rotatable bonds is 4. The van der Waals surface area contributed by atoms with Crippen LogP contribution in [0.1, 0.15) is 78.6 Å². The van der Waals surface area contributed by atoms with Gasteiger partial charge >= 0.3 is 5.97 Å². The minimum absolute atomic E-state index is 0.111. The van der Waals surface area contributed by atoms with Crippen LogP contribution in [-0.2, 0) is 9.53 Å². The van der Waals surface area contributed by atoms with Crippen molar-refractivity contribution in [1.82, 2.24) is 0 Å². The van der Waals surface area contributed by atoms with E-state index in [-0.39, 0.29) is 41.0 Å². The summed E-state index contributed by atoms with van der Waals surface area (Å²) in [6.45, 7) is 6.85. The van der Waals surface area contributed by atoms with E-state index in [2.05, 4.69) is 20.8 Å². The Labute approximate surface area is 181 Å². The first-order valence-corrected chi connectivity index (χ1v) is 12.2. The van der Waals surface area contributed by atoms with Gasteiger partial charge in [0.2, 0.25) is 0 Å². The van der Waals surface area contributed by atoms with Gasteiger partial charge < -0.3 is 20.1 Å². The van der Waals surface area contributed by atoms with Crippen molar-refractivity contribution in [3.63, 3.8) is 0 Å². The third-order valence-electron chi connectivity index (χ3n) is 10.6. The molecule has 0 aromatic carbocycles. The van der Waals surface area contributed by atoms with Crippen LogP contribution in [0.4, 0.5) is 0 Å². The molecule has 4 fully saturated rings. The van der Waals surface area contributed by atoms with Gasteiger partial charge in [0.15, 0.2) is 0 Å². The zero-order valence-corrected chi connectivity index (χ0v) is 19.2. The van der Waals surface area contributed by atoms with Gasteiger partial charge in [0.05, 0.1) is 25.4 Å². The van der Waals surface area contributed by atoms with Crippen molar-refractivity contribution >= 4 is 5.97 Å². The molecular formula is C25H42O5. The molecule has 0 amide bonds. The van der Waals surface area contributed by atoms with Crippen LogP contribution in [0, 0.1) is 46.3 Å². The van der Waals surface area contributed by atoms with Crippen molar-refractivity contribution in [2.45, 2.75) is 96.9 Å². The molecule has 0 radical (unpaired) electrons. The molecule has 4 rings (SSSR count). The van der Waals surface area contributed by atoms with Crippen LogP contribution >= 0.6 is 0 Å². The Morgan fingerprint density at radius 1 is 1.07 bits per heavy atom. The Morgan fingerprint density at radius 3 is 2.50 bits per heavy atom. The molecule has 4 aliphatic carbocycles. The highest BCUT2D eigenvalue weighted by atomic mass is 16.5. The van der Waals surface area contributed by atoms with Gasteiger partial charge in [0, 0.05) is 6.42 Å². The van der Waals surface area contributed by atoms with Crippen LogP contribution in [-0.4, -0.2) is 46.7 Å². The van der Waals surface area contributed by atoms with Crippen LogP contribution in [0.25, 0.3) is 0 Å². The summed E-state index contributed by atoms with van der Waals surface area (Å²) in [5.74, 6) is 1.81. The van der Waals surface area contributed by atoms with Crippen molar-refractivity contribution < 1.29 is 24.9 Å². The van der Waals surface area contributed by atoms with Gasteiger partial charge in [-0.1, -0.05) is 20.8 Å². The van der Waals surface area contributed by atoms with Gasteiger partial charge in [-0.3, -0.25) is 4.79 Å². The van der Waals surface area contributed by atoms with E-state index in [1.807, 2.05) is 0 Å². The molecule has 30 heavy (non-hydrogen) atoms. The number of fused-ring (bicyclic) bond motifs is 5. The van der Waals surface area contributed by atoms with Gasteiger partial charge in [0.1, 0.15) is 0 Å². The van der Waals surface area contributed by atoms with E-state index < -0.39 is 0 Å². The molecule has 11 atom stereocenters. The monoisotopic (exact) mass is 422 g/mol. The highest BCUT2D eigenvalue weighted by molar-refractivity contribution is 5.69. The molecule has 5 heteroatoms. The molecule has 0 bridgehead atoms. The average molecular weight is 423 g/mol. The van der Waals surface area contributed by atoms with Crippen molar-refractivity contribution in [3.05, 3.63) is 0 Å². The molecule has 0 heterocycles. The molecule has 0 spiro atoms. The molecular weight excluding hydrogens is 380 g/mol. The van der Waals surface area contributed by atoms with Gasteiger partial charge in [-0.15, -0.1) is 0 Å². The van der Waals surface area contributed by atoms with Gasteiger partial charge in [-0.05, 0) is 97.7 Å². The van der Waals surface area contributed by atoms with Crippen LogP contribution in [0.15, 0.2) is 0 Å². The number of methoxy groups -OCH3 is 1. The molecule has 172 valence electrons. The predicted octanol–water partition coefficient (Wildman–Crippen LogP) is 3.54. The highest BCUT2D eigenvalue weighted by Crippen LogP contribution is 2.68. The Morgan fingerprint density at radius 2 is 1.80 bits per heavy atom. The van der Waals surface area contributed by atoms with Crippen molar-refractivity contribution in [3.8, 4) is 0 Å². The number of hydrogen-bond acceptors (Lipinski definition) is 5. The van der Waals surface area contributed by atoms with Gasteiger partial charge in [-0.25, -0.2) is 0 Å². The predicted molar refractivity (Wildman–Crippen MR) is 114 cm³/mol. The van der Waals surface area contributed by atoms with Crippen molar-refractivity contribution in [1.29, 1.82) is 0 Å². The Kier molecular flexibility index (Phi) is 6.04. The molecule has 4 saturated carbocycles. The van der Waals surface area contributed by atoms with E-state index in [1.165, 1.54) is 7.11 Å². The molecule has 0 unspecified atom stereocenters. The van der Waals surface area contributed by atoms with E-state index >= 15 is 0 Å². The van der Waals surface area contributed by atoms with E-state index in [0.29, 0.717) is 36.0 Å². The number of carbonyl (C=O) groups excluding carboxylic acids is 1. The maximum atomic E-state index is 11.7. The SMILES string of the molecule is COC(=O)CC[C@H](C)[C@H]1CC[C@@H]2[C@H]3[C@H](O)C[C@@H]4C[C@H](O)CC[C@]4(C)[C@@H]3C[C@H](O)[C@@]21C. The fraction of sp³-hybridized carbons (Fsp3) is 0.960. The standard InChI is InChI=1S/C25H42O5/c1-14(5-8-22(29)30-4)17-6-7-18-23-19(13-21(28)25(17,18)3)24(2)10-9-16(26)11-15(24)12-20(23)27/h14-21,23,26-28H,5-13H2,1-4H3/t14-,15-,16+,17+,18+,19+,20+,21-,23+,24-,25+/m0/s1. The quantitative estimate of drug-likeness (QED) is 0.603. The summed E-state index contributed by atoms with van der Waals surface area (Å²) in [5.41, 5.74) is -0.0882. The van der Waals surface area contributed by atoms with Gasteiger partial charge in [0.25, 0.3) is 0 Å². The normalized spacial score (nSPS) is 51.4. The molecule has 3 N–H and O–H groups in total. The second-order valence-electron chi connectivity index (χ2n) is 11.6. The van der Waals surface area contributed by atoms with E-state index in [0.717, 1.165) is 51.4 Å². The lowest BCUT2D eigenvalue weighted by Gasteiger charge is -2.63. The van der Waals surface area contributed by atoms with Crippen LogP contribution < -0.4 is 0 Å². The lowest BCUT2D eigenvalue weighted by atomic mass is 9.43. The first-order chi connectivity index (χ1) is 14.1. The second kappa shape index (κ2) is 8.04. The van der Waals surface area contributed by atoms with Crippen LogP contribution in [0.5, 0.6) is 0 Å². The molecule has 0 aromatic heterocycles. The number of esters is 1. The maximum Gasteiger partial charge on any atom is 0.305 e. The Bertz CT molecular complexity index is 651. The average Bonchev–Trinajstić information content (AvgIpc) is 3.06. The van der Waals surface area contributed by atoms with E-state index in [9.17, 15) is 20.1 Å². The van der Waals surface area contributed by atoms with E-state index in [4.69, 9.17) is 4.74 Å². The molecule has 0 aliphatic heterocycles. The van der Waals surface area contributed by atoms with Crippen LogP contribution in [0.3, 0.4) is 0 Å². The van der Waals surface area contributed by atoms with Gasteiger partial charge in [-0.2, -0.15) is 0 Å². The lowest BCUT2D eigenvalue weighted by Crippen LogP contribution is -2.62. The molecule has 0 saturated heterocycles. The summed E-state index contributed by atoms with van der Waals surface area (Å²) < 4.78 is 4.83. The topological polar surface area (TPSA) is 87.0 Å². The fourth-order valence-electron chi connectivity index (χ4n) is 8.78. The maximum absolute atomic E-state index is 11.7. The third kappa shape index (κ3) is 3.34. The number of ether oxygens (including phenoxy) is 1. The number of carbonyl (C=O) groups is 1. The minimum Gasteiger partial charge on any atom is -0.469 e.